The number of ether oxygens (including phenoxy) is 1. The van der Waals surface area contributed by atoms with Crippen LogP contribution in [0.25, 0.3) is 10.9 Å². The van der Waals surface area contributed by atoms with Crippen LogP contribution >= 0.6 is 23.4 Å². The number of H-pyrrole nitrogens is 1. The van der Waals surface area contributed by atoms with Crippen LogP contribution in [-0.4, -0.2) is 22.8 Å². The molecule has 0 amide bonds. The number of carbonyl (C=O) groups excluding carboxylic acids is 1. The molecule has 1 aromatic carbocycles. The second-order valence-corrected chi connectivity index (χ2v) is 5.28. The van der Waals surface area contributed by atoms with E-state index in [0.29, 0.717) is 15.9 Å². The molecule has 1 heterocycles. The van der Waals surface area contributed by atoms with E-state index in [1.165, 1.54) is 13.1 Å². The fourth-order valence-corrected chi connectivity index (χ4v) is 2.53. The molecule has 0 aliphatic rings. The Labute approximate surface area is 117 Å². The number of benzene rings is 1. The Morgan fingerprint density at radius 1 is 1.53 bits per heavy atom. The molecule has 0 atom stereocenters. The number of fused-ring (bicyclic) bond motifs is 1. The van der Waals surface area contributed by atoms with Gasteiger partial charge in [0.25, 0.3) is 0 Å². The maximum absolute atomic E-state index is 13.6. The van der Waals surface area contributed by atoms with E-state index in [1.807, 2.05) is 0 Å². The molecule has 2 aromatic rings. The molecule has 0 aliphatic heterocycles. The highest BCUT2D eigenvalue weighted by Crippen LogP contribution is 2.40. The molecule has 0 fully saturated rings. The first-order valence-electron chi connectivity index (χ1n) is 5.44. The largest absolute Gasteiger partial charge is 0.461 e. The number of hydrogen-bond acceptors (Lipinski definition) is 3. The van der Waals surface area contributed by atoms with E-state index in [0.717, 1.165) is 0 Å². The lowest BCUT2D eigenvalue weighted by Crippen LogP contribution is -2.26. The van der Waals surface area contributed by atoms with E-state index in [2.05, 4.69) is 9.72 Å². The van der Waals surface area contributed by atoms with E-state index >= 15 is 0 Å². The van der Waals surface area contributed by atoms with Crippen LogP contribution in [0, 0.1) is 0 Å². The van der Waals surface area contributed by atoms with Crippen molar-refractivity contribution in [1.29, 1.82) is 0 Å². The number of aromatic amines is 1. The average molecular weight is 306 g/mol. The van der Waals surface area contributed by atoms with E-state index in [4.69, 9.17) is 11.6 Å². The van der Waals surface area contributed by atoms with Crippen molar-refractivity contribution < 1.29 is 18.3 Å². The zero-order valence-electron chi connectivity index (χ0n) is 9.88. The van der Waals surface area contributed by atoms with Gasteiger partial charge in [0.1, 0.15) is 0 Å². The van der Waals surface area contributed by atoms with Crippen LogP contribution in [0.4, 0.5) is 8.78 Å². The molecular weight excluding hydrogens is 296 g/mol. The highest BCUT2D eigenvalue weighted by atomic mass is 35.5. The maximum Gasteiger partial charge on any atom is 0.393 e. The molecule has 0 unspecified atom stereocenters. The van der Waals surface area contributed by atoms with Crippen LogP contribution in [0.1, 0.15) is 6.92 Å². The minimum atomic E-state index is -3.63. The van der Waals surface area contributed by atoms with Crippen molar-refractivity contribution in [1.82, 2.24) is 4.98 Å². The number of thioether (sulfide) groups is 1. The first-order chi connectivity index (χ1) is 8.94. The average Bonchev–Trinajstić information content (AvgIpc) is 2.72. The number of carbonyl (C=O) groups is 1. The third kappa shape index (κ3) is 3.01. The van der Waals surface area contributed by atoms with Crippen LogP contribution in [-0.2, 0) is 9.53 Å². The maximum atomic E-state index is 13.6. The first kappa shape index (κ1) is 14.1. The summed E-state index contributed by atoms with van der Waals surface area (Å²) in [7, 11) is 0. The van der Waals surface area contributed by atoms with Gasteiger partial charge >= 0.3 is 11.2 Å². The van der Waals surface area contributed by atoms with E-state index in [1.54, 1.807) is 18.2 Å². The van der Waals surface area contributed by atoms with Crippen molar-refractivity contribution in [2.75, 3.05) is 6.61 Å². The zero-order chi connectivity index (χ0) is 14.0. The summed E-state index contributed by atoms with van der Waals surface area (Å²) in [5, 5.41) is -2.65. The fraction of sp³-hybridized carbons (Fsp3) is 0.250. The van der Waals surface area contributed by atoms with Crippen LogP contribution in [0.5, 0.6) is 0 Å². The third-order valence-corrected chi connectivity index (χ3v) is 3.57. The molecule has 102 valence electrons. The van der Waals surface area contributed by atoms with Crippen molar-refractivity contribution in [3.8, 4) is 0 Å². The van der Waals surface area contributed by atoms with E-state index < -0.39 is 11.2 Å². The number of rotatable bonds is 4. The number of esters is 1. The Hall–Kier alpha value is -1.27. The summed E-state index contributed by atoms with van der Waals surface area (Å²) < 4.78 is 31.6. The van der Waals surface area contributed by atoms with Gasteiger partial charge in [0.15, 0.2) is 0 Å². The molecule has 0 bridgehead atoms. The summed E-state index contributed by atoms with van der Waals surface area (Å²) in [6, 6.07) is 4.90. The Kier molecular flexibility index (Phi) is 4.01. The summed E-state index contributed by atoms with van der Waals surface area (Å²) in [5.41, 5.74) is 0.673. The lowest BCUT2D eigenvalue weighted by Gasteiger charge is -2.13. The molecule has 0 saturated carbocycles. The Morgan fingerprint density at radius 2 is 2.26 bits per heavy atom. The molecule has 2 rings (SSSR count). The third-order valence-electron chi connectivity index (χ3n) is 2.36. The zero-order valence-corrected chi connectivity index (χ0v) is 11.4. The number of aromatic nitrogens is 1. The standard InChI is InChI=1S/C12H10ClF2NO2S/c1-2-18-11(17)12(14,15)19-10-6-16-9-4-3-7(13)5-8(9)10/h3-6,16H,2H2,1H3. The lowest BCUT2D eigenvalue weighted by atomic mass is 10.2. The Balaban J connectivity index is 2.30. The van der Waals surface area contributed by atoms with Crippen LogP contribution in [0.3, 0.4) is 0 Å². The summed E-state index contributed by atoms with van der Waals surface area (Å²) in [4.78, 5) is 14.3. The van der Waals surface area contributed by atoms with Gasteiger partial charge < -0.3 is 9.72 Å². The number of hydrogen-bond donors (Lipinski definition) is 1. The molecule has 7 heteroatoms. The molecule has 0 radical (unpaired) electrons. The molecule has 0 spiro atoms. The van der Waals surface area contributed by atoms with Crippen LogP contribution in [0.2, 0.25) is 5.02 Å². The van der Waals surface area contributed by atoms with Crippen molar-refractivity contribution in [3.05, 3.63) is 29.4 Å². The van der Waals surface area contributed by atoms with E-state index in [9.17, 15) is 13.6 Å². The second-order valence-electron chi connectivity index (χ2n) is 3.68. The highest BCUT2D eigenvalue weighted by Gasteiger charge is 2.42. The molecule has 1 aromatic heterocycles. The highest BCUT2D eigenvalue weighted by molar-refractivity contribution is 8.01. The summed E-state index contributed by atoms with van der Waals surface area (Å²) in [5.74, 6) is -1.55. The lowest BCUT2D eigenvalue weighted by molar-refractivity contribution is -0.159. The van der Waals surface area contributed by atoms with Crippen molar-refractivity contribution in [2.24, 2.45) is 0 Å². The topological polar surface area (TPSA) is 42.1 Å². The van der Waals surface area contributed by atoms with Gasteiger partial charge in [-0.2, -0.15) is 8.78 Å². The molecule has 0 aliphatic carbocycles. The van der Waals surface area contributed by atoms with Gasteiger partial charge in [-0.05, 0) is 36.9 Å². The van der Waals surface area contributed by atoms with Crippen molar-refractivity contribution in [2.45, 2.75) is 17.1 Å². The SMILES string of the molecule is CCOC(=O)C(F)(F)Sc1c[nH]c2ccc(Cl)cc12. The fourth-order valence-electron chi connectivity index (χ4n) is 1.55. The van der Waals surface area contributed by atoms with Crippen LogP contribution < -0.4 is 0 Å². The quantitative estimate of drug-likeness (QED) is 0.684. The predicted molar refractivity (Wildman–Crippen MR) is 70.7 cm³/mol. The smallest absolute Gasteiger partial charge is 0.393 e. The molecular formula is C12H10ClF2NO2S. The normalized spacial score (nSPS) is 11.8. The Bertz CT molecular complexity index is 615. The van der Waals surface area contributed by atoms with Gasteiger partial charge in [-0.25, -0.2) is 4.79 Å². The van der Waals surface area contributed by atoms with Gasteiger partial charge in [0, 0.05) is 27.0 Å². The summed E-state index contributed by atoms with van der Waals surface area (Å²) in [6.45, 7) is 1.39. The minimum absolute atomic E-state index is 0.0886. The predicted octanol–water partition coefficient (Wildman–Crippen LogP) is 4.07. The van der Waals surface area contributed by atoms with Gasteiger partial charge in [-0.1, -0.05) is 11.6 Å². The number of alkyl halides is 2. The monoisotopic (exact) mass is 305 g/mol. The summed E-state index contributed by atoms with van der Waals surface area (Å²) >= 11 is 5.97. The van der Waals surface area contributed by atoms with Crippen LogP contribution in [0.15, 0.2) is 29.3 Å². The Morgan fingerprint density at radius 3 is 2.95 bits per heavy atom. The van der Waals surface area contributed by atoms with Gasteiger partial charge in [-0.15, -0.1) is 0 Å². The van der Waals surface area contributed by atoms with Crippen molar-refractivity contribution >= 4 is 40.2 Å². The van der Waals surface area contributed by atoms with Crippen molar-refractivity contribution in [3.63, 3.8) is 0 Å². The number of halogens is 3. The molecule has 3 nitrogen and oxygen atoms in total. The van der Waals surface area contributed by atoms with Gasteiger partial charge in [0.05, 0.1) is 6.61 Å². The first-order valence-corrected chi connectivity index (χ1v) is 6.64. The van der Waals surface area contributed by atoms with Gasteiger partial charge in [-0.3, -0.25) is 0 Å². The van der Waals surface area contributed by atoms with Gasteiger partial charge in [0.2, 0.25) is 0 Å². The molecule has 0 saturated heterocycles. The number of nitrogens with one attached hydrogen (secondary N) is 1. The summed E-state index contributed by atoms with van der Waals surface area (Å²) in [6.07, 6.45) is 1.42. The minimum Gasteiger partial charge on any atom is -0.461 e. The molecule has 1 N–H and O–H groups in total. The second kappa shape index (κ2) is 5.38. The van der Waals surface area contributed by atoms with E-state index in [-0.39, 0.29) is 23.3 Å². The molecule has 19 heavy (non-hydrogen) atoms.